The zero-order valence-electron chi connectivity index (χ0n) is 16.2. The predicted molar refractivity (Wildman–Crippen MR) is 113 cm³/mol. The van der Waals surface area contributed by atoms with Crippen molar-refractivity contribution in [2.75, 3.05) is 23.3 Å². The van der Waals surface area contributed by atoms with Crippen LogP contribution in [-0.4, -0.2) is 29.8 Å². The molecule has 3 rings (SSSR count). The van der Waals surface area contributed by atoms with Crippen molar-refractivity contribution in [2.24, 2.45) is 0 Å². The average molecular weight is 423 g/mol. The second kappa shape index (κ2) is 8.45. The Morgan fingerprint density at radius 1 is 1.32 bits per heavy atom. The van der Waals surface area contributed by atoms with Crippen LogP contribution in [0.1, 0.15) is 31.9 Å². The van der Waals surface area contributed by atoms with Crippen LogP contribution in [-0.2, 0) is 17.8 Å². The molecule has 0 unspecified atom stereocenters. The molecule has 0 radical (unpaired) electrons. The number of nitrogens with one attached hydrogen (secondary N) is 2. The molecule has 2 N–H and O–H groups in total. The molecule has 8 heteroatoms. The number of nitrogens with zero attached hydrogens (tertiary/aromatic N) is 2. The van der Waals surface area contributed by atoms with Gasteiger partial charge < -0.3 is 20.3 Å². The van der Waals surface area contributed by atoms with Gasteiger partial charge in [0, 0.05) is 48.0 Å². The lowest BCUT2D eigenvalue weighted by atomic mass is 10.1. The Kier molecular flexibility index (Phi) is 6.20. The van der Waals surface area contributed by atoms with Gasteiger partial charge in [-0.1, -0.05) is 29.3 Å². The molecule has 0 saturated carbocycles. The van der Waals surface area contributed by atoms with Crippen LogP contribution in [0.5, 0.6) is 0 Å². The molecule has 1 aliphatic rings. The summed E-state index contributed by atoms with van der Waals surface area (Å²) >= 11 is 12.7. The zero-order valence-corrected chi connectivity index (χ0v) is 17.7. The molecule has 2 aromatic rings. The van der Waals surface area contributed by atoms with Crippen LogP contribution >= 0.6 is 23.2 Å². The van der Waals surface area contributed by atoms with Crippen molar-refractivity contribution < 1.29 is 9.53 Å². The lowest BCUT2D eigenvalue weighted by Crippen LogP contribution is -2.35. The monoisotopic (exact) mass is 422 g/mol. The Morgan fingerprint density at radius 2 is 2.04 bits per heavy atom. The minimum absolute atomic E-state index is 0.329. The molecular formula is C20H24Cl2N4O2. The van der Waals surface area contributed by atoms with Gasteiger partial charge in [0.15, 0.2) is 0 Å². The number of anilines is 2. The third kappa shape index (κ3) is 5.20. The lowest BCUT2D eigenvalue weighted by molar-refractivity contribution is 0.0523. The summed E-state index contributed by atoms with van der Waals surface area (Å²) in [6, 6.07) is 7.52. The highest BCUT2D eigenvalue weighted by atomic mass is 35.5. The molecule has 6 nitrogen and oxygen atoms in total. The van der Waals surface area contributed by atoms with Crippen molar-refractivity contribution in [1.82, 2.24) is 10.3 Å². The van der Waals surface area contributed by atoms with E-state index in [0.29, 0.717) is 23.1 Å². The molecule has 2 heterocycles. The van der Waals surface area contributed by atoms with Crippen molar-refractivity contribution in [1.29, 1.82) is 0 Å². The number of rotatable bonds is 4. The summed E-state index contributed by atoms with van der Waals surface area (Å²) in [5.74, 6) is 0.801. The molecule has 0 spiro atoms. The smallest absolute Gasteiger partial charge is 0.407 e. The normalized spacial score (nSPS) is 13.5. The number of hydrogen-bond donors (Lipinski definition) is 2. The molecule has 0 atom stereocenters. The highest BCUT2D eigenvalue weighted by Crippen LogP contribution is 2.32. The van der Waals surface area contributed by atoms with E-state index in [4.69, 9.17) is 27.9 Å². The minimum atomic E-state index is -0.535. The molecule has 1 aromatic carbocycles. The summed E-state index contributed by atoms with van der Waals surface area (Å²) in [6.45, 7) is 7.97. The molecule has 28 heavy (non-hydrogen) atoms. The number of amides is 1. The quantitative estimate of drug-likeness (QED) is 0.737. The Labute approximate surface area is 175 Å². The number of carbonyl (C=O) groups is 1. The Hall–Kier alpha value is -2.18. The standard InChI is InChI=1S/C20H24Cl2N4O2/c1-20(2,3)28-19(27)25-11-13-9-17-18(24-10-13)23-7-8-26(17)12-14-15(21)5-4-6-16(14)22/h4-6,9-10H,7-8,11-12H2,1-3H3,(H,23,24)(H,25,27). The highest BCUT2D eigenvalue weighted by molar-refractivity contribution is 6.36. The van der Waals surface area contributed by atoms with E-state index in [1.165, 1.54) is 0 Å². The number of ether oxygens (including phenoxy) is 1. The first-order valence-corrected chi connectivity index (χ1v) is 9.86. The van der Waals surface area contributed by atoms with Crippen molar-refractivity contribution in [2.45, 2.75) is 39.5 Å². The Balaban J connectivity index is 1.75. The first-order chi connectivity index (χ1) is 13.2. The van der Waals surface area contributed by atoms with Crippen LogP contribution in [0.2, 0.25) is 10.0 Å². The topological polar surface area (TPSA) is 66.5 Å². The second-order valence-electron chi connectivity index (χ2n) is 7.62. The third-order valence-corrected chi connectivity index (χ3v) is 4.89. The molecule has 1 amide bonds. The van der Waals surface area contributed by atoms with E-state index in [1.807, 2.05) is 45.0 Å². The highest BCUT2D eigenvalue weighted by Gasteiger charge is 2.21. The number of benzene rings is 1. The van der Waals surface area contributed by atoms with E-state index in [-0.39, 0.29) is 0 Å². The van der Waals surface area contributed by atoms with E-state index < -0.39 is 11.7 Å². The van der Waals surface area contributed by atoms with Crippen LogP contribution in [0.15, 0.2) is 30.5 Å². The number of alkyl carbamates (subject to hydrolysis) is 1. The summed E-state index contributed by atoms with van der Waals surface area (Å²) in [7, 11) is 0. The maximum atomic E-state index is 11.9. The maximum absolute atomic E-state index is 11.9. The molecule has 0 fully saturated rings. The zero-order chi connectivity index (χ0) is 20.3. The van der Waals surface area contributed by atoms with Crippen molar-refractivity contribution in [3.8, 4) is 0 Å². The molecule has 1 aromatic heterocycles. The Bertz CT molecular complexity index is 848. The fourth-order valence-corrected chi connectivity index (χ4v) is 3.44. The van der Waals surface area contributed by atoms with Gasteiger partial charge in [-0.15, -0.1) is 0 Å². The van der Waals surface area contributed by atoms with Gasteiger partial charge in [-0.2, -0.15) is 0 Å². The number of halogens is 2. The van der Waals surface area contributed by atoms with E-state index in [0.717, 1.165) is 35.7 Å². The fraction of sp³-hybridized carbons (Fsp3) is 0.400. The van der Waals surface area contributed by atoms with Gasteiger partial charge in [-0.3, -0.25) is 0 Å². The van der Waals surface area contributed by atoms with Gasteiger partial charge in [0.2, 0.25) is 0 Å². The van der Waals surface area contributed by atoms with Crippen LogP contribution in [0.25, 0.3) is 0 Å². The number of aromatic nitrogens is 1. The lowest BCUT2D eigenvalue weighted by Gasteiger charge is -2.32. The van der Waals surface area contributed by atoms with Crippen LogP contribution in [0.4, 0.5) is 16.3 Å². The predicted octanol–water partition coefficient (Wildman–Crippen LogP) is 4.85. The van der Waals surface area contributed by atoms with E-state index in [1.54, 1.807) is 6.20 Å². The summed E-state index contributed by atoms with van der Waals surface area (Å²) in [4.78, 5) is 18.6. The van der Waals surface area contributed by atoms with Gasteiger partial charge >= 0.3 is 6.09 Å². The van der Waals surface area contributed by atoms with Crippen LogP contribution in [0, 0.1) is 0 Å². The summed E-state index contributed by atoms with van der Waals surface area (Å²) in [6.07, 6.45) is 1.29. The molecule has 150 valence electrons. The molecular weight excluding hydrogens is 399 g/mol. The van der Waals surface area contributed by atoms with Crippen LogP contribution < -0.4 is 15.5 Å². The van der Waals surface area contributed by atoms with Gasteiger partial charge in [-0.25, -0.2) is 9.78 Å². The molecule has 0 aliphatic carbocycles. The van der Waals surface area contributed by atoms with E-state index in [2.05, 4.69) is 20.5 Å². The average Bonchev–Trinajstić information content (AvgIpc) is 2.62. The minimum Gasteiger partial charge on any atom is -0.444 e. The van der Waals surface area contributed by atoms with E-state index >= 15 is 0 Å². The van der Waals surface area contributed by atoms with Gasteiger partial charge in [0.25, 0.3) is 0 Å². The molecule has 0 saturated heterocycles. The molecule has 0 bridgehead atoms. The number of carbonyl (C=O) groups excluding carboxylic acids is 1. The first kappa shape index (κ1) is 20.6. The largest absolute Gasteiger partial charge is 0.444 e. The van der Waals surface area contributed by atoms with Gasteiger partial charge in [-0.05, 0) is 44.5 Å². The van der Waals surface area contributed by atoms with Crippen molar-refractivity contribution in [3.63, 3.8) is 0 Å². The fourth-order valence-electron chi connectivity index (χ4n) is 2.93. The summed E-state index contributed by atoms with van der Waals surface area (Å²) in [5.41, 5.74) is 2.18. The SMILES string of the molecule is CC(C)(C)OC(=O)NCc1cnc2c(c1)N(Cc1c(Cl)cccc1Cl)CCN2. The molecule has 1 aliphatic heterocycles. The third-order valence-electron chi connectivity index (χ3n) is 4.19. The number of hydrogen-bond acceptors (Lipinski definition) is 5. The van der Waals surface area contributed by atoms with Crippen molar-refractivity contribution in [3.05, 3.63) is 51.6 Å². The first-order valence-electron chi connectivity index (χ1n) is 9.10. The summed E-state index contributed by atoms with van der Waals surface area (Å²) < 4.78 is 5.28. The number of fused-ring (bicyclic) bond motifs is 1. The van der Waals surface area contributed by atoms with E-state index in [9.17, 15) is 4.79 Å². The Morgan fingerprint density at radius 3 is 2.71 bits per heavy atom. The second-order valence-corrected chi connectivity index (χ2v) is 8.43. The van der Waals surface area contributed by atoms with Crippen molar-refractivity contribution >= 4 is 40.8 Å². The number of pyridine rings is 1. The van der Waals surface area contributed by atoms with Gasteiger partial charge in [0.1, 0.15) is 11.4 Å². The maximum Gasteiger partial charge on any atom is 0.407 e. The summed E-state index contributed by atoms with van der Waals surface area (Å²) in [5, 5.41) is 7.35. The van der Waals surface area contributed by atoms with Gasteiger partial charge in [0.05, 0.1) is 5.69 Å². The van der Waals surface area contributed by atoms with Crippen LogP contribution in [0.3, 0.4) is 0 Å².